The van der Waals surface area contributed by atoms with Crippen molar-refractivity contribution in [2.45, 2.75) is 20.1 Å². The van der Waals surface area contributed by atoms with Gasteiger partial charge in [-0.1, -0.05) is 29.8 Å². The van der Waals surface area contributed by atoms with Crippen molar-refractivity contribution in [3.8, 4) is 0 Å². The summed E-state index contributed by atoms with van der Waals surface area (Å²) in [5, 5.41) is 6.89. The van der Waals surface area contributed by atoms with Gasteiger partial charge in [0.15, 0.2) is 0 Å². The molecule has 0 aromatic heterocycles. The smallest absolute Gasteiger partial charge is 0.258 e. The van der Waals surface area contributed by atoms with Crippen LogP contribution in [0, 0.1) is 13.8 Å². The third-order valence-electron chi connectivity index (χ3n) is 5.93. The molecule has 2 amide bonds. The summed E-state index contributed by atoms with van der Waals surface area (Å²) in [6.45, 7) is 4.83. The van der Waals surface area contributed by atoms with Crippen LogP contribution in [0.1, 0.15) is 43.6 Å². The lowest BCUT2D eigenvalue weighted by molar-refractivity contribution is 0.0654. The van der Waals surface area contributed by atoms with E-state index >= 15 is 0 Å². The number of carbonyl (C=O) groups is 2. The second-order valence-electron chi connectivity index (χ2n) is 8.37. The van der Waals surface area contributed by atoms with Crippen LogP contribution >= 0.6 is 23.4 Å². The fraction of sp³-hybridized carbons (Fsp3) is 0.259. The molecule has 3 aromatic rings. The van der Waals surface area contributed by atoms with Gasteiger partial charge < -0.3 is 15.0 Å². The topological polar surface area (TPSA) is 70.7 Å². The maximum atomic E-state index is 13.7. The number of nitrogens with zero attached hydrogens (tertiary/aromatic N) is 1. The van der Waals surface area contributed by atoms with Crippen LogP contribution in [0.4, 0.5) is 11.4 Å². The van der Waals surface area contributed by atoms with Gasteiger partial charge in [-0.15, -0.1) is 11.8 Å². The lowest BCUT2D eigenvalue weighted by atomic mass is 10.0. The van der Waals surface area contributed by atoms with Crippen LogP contribution in [0.2, 0.25) is 5.02 Å². The van der Waals surface area contributed by atoms with Crippen molar-refractivity contribution >= 4 is 46.6 Å². The molecule has 0 saturated heterocycles. The maximum absolute atomic E-state index is 13.7. The lowest BCUT2D eigenvalue weighted by Crippen LogP contribution is -2.35. The molecule has 0 spiro atoms. The Hall–Kier alpha value is -2.84. The van der Waals surface area contributed by atoms with E-state index in [1.54, 1.807) is 40.9 Å². The van der Waals surface area contributed by atoms with Gasteiger partial charge in [0.1, 0.15) is 6.23 Å². The van der Waals surface area contributed by atoms with Gasteiger partial charge in [-0.2, -0.15) is 0 Å². The molecule has 35 heavy (non-hydrogen) atoms. The predicted molar refractivity (Wildman–Crippen MR) is 144 cm³/mol. The third-order valence-corrected chi connectivity index (χ3v) is 6.54. The number of anilines is 2. The molecule has 1 atom stereocenters. The zero-order chi connectivity index (χ0) is 24.9. The minimum atomic E-state index is -0.353. The van der Waals surface area contributed by atoms with Crippen LogP contribution in [0.3, 0.4) is 0 Å². The van der Waals surface area contributed by atoms with Gasteiger partial charge in [0, 0.05) is 40.5 Å². The summed E-state index contributed by atoms with van der Waals surface area (Å²) in [5.41, 5.74) is 5.12. The largest absolute Gasteiger partial charge is 0.348 e. The van der Waals surface area contributed by atoms with Gasteiger partial charge >= 0.3 is 0 Å². The van der Waals surface area contributed by atoms with E-state index in [0.717, 1.165) is 22.4 Å². The van der Waals surface area contributed by atoms with Crippen molar-refractivity contribution < 1.29 is 14.3 Å². The maximum Gasteiger partial charge on any atom is 0.258 e. The lowest BCUT2D eigenvalue weighted by Gasteiger charge is -2.25. The van der Waals surface area contributed by atoms with Crippen LogP contribution in [-0.2, 0) is 4.74 Å². The number of hydrogen-bond donors (Lipinski definition) is 2. The number of benzene rings is 3. The molecule has 0 bridgehead atoms. The van der Waals surface area contributed by atoms with E-state index in [-0.39, 0.29) is 18.0 Å². The Labute approximate surface area is 215 Å². The van der Waals surface area contributed by atoms with Gasteiger partial charge in [-0.25, -0.2) is 0 Å². The Morgan fingerprint density at radius 2 is 1.89 bits per heavy atom. The molecule has 6 nitrogen and oxygen atoms in total. The number of hydrogen-bond acceptors (Lipinski definition) is 5. The summed E-state index contributed by atoms with van der Waals surface area (Å²) in [4.78, 5) is 28.1. The first-order valence-corrected chi connectivity index (χ1v) is 13.1. The highest BCUT2D eigenvalue weighted by Crippen LogP contribution is 2.33. The number of ether oxygens (including phenoxy) is 1. The monoisotopic (exact) mass is 509 g/mol. The number of halogens is 1. The Kier molecular flexibility index (Phi) is 8.13. The molecule has 1 unspecified atom stereocenters. The molecule has 8 heteroatoms. The van der Waals surface area contributed by atoms with E-state index in [9.17, 15) is 9.59 Å². The minimum absolute atomic E-state index is 0.116. The van der Waals surface area contributed by atoms with E-state index in [1.165, 1.54) is 0 Å². The first kappa shape index (κ1) is 25.3. The number of rotatable bonds is 6. The fourth-order valence-electron chi connectivity index (χ4n) is 4.17. The number of nitrogens with one attached hydrogen (secondary N) is 2. The summed E-state index contributed by atoms with van der Waals surface area (Å²) in [6, 6.07) is 18.3. The summed E-state index contributed by atoms with van der Waals surface area (Å²) >= 11 is 7.87. The van der Waals surface area contributed by atoms with E-state index in [1.807, 2.05) is 56.5 Å². The molecule has 0 aliphatic carbocycles. The van der Waals surface area contributed by atoms with Crippen molar-refractivity contribution in [3.63, 3.8) is 0 Å². The average molecular weight is 510 g/mol. The first-order chi connectivity index (χ1) is 16.9. The van der Waals surface area contributed by atoms with Crippen molar-refractivity contribution in [2.75, 3.05) is 35.5 Å². The Balaban J connectivity index is 1.59. The molecule has 4 rings (SSSR count). The van der Waals surface area contributed by atoms with Crippen LogP contribution in [0.5, 0.6) is 0 Å². The number of thioether (sulfide) groups is 1. The number of amides is 2. The summed E-state index contributed by atoms with van der Waals surface area (Å²) < 4.78 is 5.96. The number of aryl methyl sites for hydroxylation is 2. The normalized spacial score (nSPS) is 15.3. The Morgan fingerprint density at radius 1 is 1.09 bits per heavy atom. The van der Waals surface area contributed by atoms with Crippen LogP contribution in [0.15, 0.2) is 60.7 Å². The molecular formula is C27H28ClN3O3S. The van der Waals surface area contributed by atoms with E-state index in [4.69, 9.17) is 16.3 Å². The second-order valence-corrected chi connectivity index (χ2v) is 9.62. The number of carbonyl (C=O) groups excluding carboxylic acids is 2. The van der Waals surface area contributed by atoms with Crippen LogP contribution in [0.25, 0.3) is 0 Å². The van der Waals surface area contributed by atoms with Gasteiger partial charge in [0.25, 0.3) is 11.8 Å². The minimum Gasteiger partial charge on any atom is -0.348 e. The molecule has 0 saturated carbocycles. The molecule has 1 aliphatic heterocycles. The van der Waals surface area contributed by atoms with Gasteiger partial charge in [-0.05, 0) is 73.7 Å². The van der Waals surface area contributed by atoms with Gasteiger partial charge in [-0.3, -0.25) is 14.9 Å². The predicted octanol–water partition coefficient (Wildman–Crippen LogP) is 5.79. The molecule has 182 valence electrons. The molecule has 0 radical (unpaired) electrons. The van der Waals surface area contributed by atoms with E-state index in [2.05, 4.69) is 10.6 Å². The van der Waals surface area contributed by atoms with Gasteiger partial charge in [0.05, 0.1) is 11.6 Å². The highest BCUT2D eigenvalue weighted by atomic mass is 35.5. The molecule has 3 aromatic carbocycles. The zero-order valence-corrected chi connectivity index (χ0v) is 21.5. The third kappa shape index (κ3) is 5.70. The highest BCUT2D eigenvalue weighted by molar-refractivity contribution is 7.98. The van der Waals surface area contributed by atoms with E-state index < -0.39 is 0 Å². The van der Waals surface area contributed by atoms with Crippen molar-refractivity contribution in [1.82, 2.24) is 5.32 Å². The quantitative estimate of drug-likeness (QED) is 0.411. The molecular weight excluding hydrogens is 482 g/mol. The van der Waals surface area contributed by atoms with Crippen molar-refractivity contribution in [1.29, 1.82) is 0 Å². The molecule has 1 aliphatic rings. The molecule has 2 N–H and O–H groups in total. The Bertz CT molecular complexity index is 1250. The number of fused-ring (bicyclic) bond motifs is 1. The van der Waals surface area contributed by atoms with Crippen LogP contribution < -0.4 is 15.5 Å². The Morgan fingerprint density at radius 3 is 2.63 bits per heavy atom. The molecule has 0 fully saturated rings. The second kappa shape index (κ2) is 11.3. The van der Waals surface area contributed by atoms with Crippen LogP contribution in [-0.4, -0.2) is 37.1 Å². The highest BCUT2D eigenvalue weighted by Gasteiger charge is 2.28. The van der Waals surface area contributed by atoms with Gasteiger partial charge in [0.2, 0.25) is 0 Å². The summed E-state index contributed by atoms with van der Waals surface area (Å²) in [5.74, 6) is 0.226. The van der Waals surface area contributed by atoms with Crippen molar-refractivity contribution in [2.24, 2.45) is 0 Å². The summed E-state index contributed by atoms with van der Waals surface area (Å²) in [7, 11) is 0. The first-order valence-electron chi connectivity index (χ1n) is 11.3. The average Bonchev–Trinajstić information content (AvgIpc) is 3.01. The van der Waals surface area contributed by atoms with E-state index in [0.29, 0.717) is 40.9 Å². The zero-order valence-electron chi connectivity index (χ0n) is 19.9. The standard InChI is InChI=1S/C27H28ClN3O3S/c1-17-6-4-5-7-21(17)25(32)30-20-9-10-22(18(2)14-20)27(33)31-13-12-29-26(34-16-35-3)23-15-19(28)8-11-24(23)31/h4-11,14-15,26,29H,12-13,16H2,1-3H3,(H,30,32). The van der Waals surface area contributed by atoms with Crippen molar-refractivity contribution in [3.05, 3.63) is 93.5 Å². The molecule has 1 heterocycles. The summed E-state index contributed by atoms with van der Waals surface area (Å²) in [6.07, 6.45) is 1.62. The fourth-order valence-corrected chi connectivity index (χ4v) is 4.62. The SMILES string of the molecule is CSCOC1NCCN(C(=O)c2ccc(NC(=O)c3ccccc3C)cc2C)c2ccc(Cl)cc21.